The van der Waals surface area contributed by atoms with Crippen molar-refractivity contribution in [2.24, 2.45) is 0 Å². The van der Waals surface area contributed by atoms with Crippen LogP contribution in [0.1, 0.15) is 33.4 Å². The number of alkyl halides is 2. The van der Waals surface area contributed by atoms with Gasteiger partial charge in [0.15, 0.2) is 29.0 Å². The predicted molar refractivity (Wildman–Crippen MR) is 237 cm³/mol. The molecule has 8 rings (SSSR count). The van der Waals surface area contributed by atoms with Crippen molar-refractivity contribution in [2.75, 3.05) is 0 Å². The Bertz CT molecular complexity index is 2750. The first kappa shape index (κ1) is 45.6. The van der Waals surface area contributed by atoms with Crippen LogP contribution in [0.4, 0.5) is 30.7 Å². The van der Waals surface area contributed by atoms with Gasteiger partial charge in [0.25, 0.3) is 0 Å². The lowest BCUT2D eigenvalue weighted by Gasteiger charge is -2.27. The Morgan fingerprint density at radius 2 is 0.627 bits per heavy atom. The van der Waals surface area contributed by atoms with E-state index in [-0.39, 0.29) is 85.0 Å². The van der Waals surface area contributed by atoms with E-state index in [1.165, 1.54) is 0 Å². The van der Waals surface area contributed by atoms with E-state index in [2.05, 4.69) is 4.74 Å². The normalized spacial score (nSPS) is 11.2. The highest BCUT2D eigenvalue weighted by atomic mass is 19.3. The first-order chi connectivity index (χ1) is 32.5. The summed E-state index contributed by atoms with van der Waals surface area (Å²) in [5, 5.41) is 0. The Morgan fingerprint density at radius 3 is 0.940 bits per heavy atom. The maximum Gasteiger partial charge on any atom is 0.432 e. The minimum absolute atomic E-state index is 0.0122. The molecule has 0 aliphatic rings. The number of hydrogen-bond acceptors (Lipinski definition) is 6. The number of ether oxygens (including phenoxy) is 6. The first-order valence-corrected chi connectivity index (χ1v) is 20.8. The number of rotatable bonds is 19. The molecular formula is C54H39F7O6. The van der Waals surface area contributed by atoms with Crippen LogP contribution in [-0.2, 0) is 39.1 Å². The molecule has 0 N–H and O–H groups in total. The van der Waals surface area contributed by atoms with Crippen LogP contribution in [-0.4, -0.2) is 0 Å². The Hall–Kier alpha value is -7.93. The molecule has 0 saturated carbocycles. The summed E-state index contributed by atoms with van der Waals surface area (Å²) in [5.41, 5.74) is 1.04. The number of benzene rings is 8. The van der Waals surface area contributed by atoms with Crippen molar-refractivity contribution in [3.05, 3.63) is 238 Å². The van der Waals surface area contributed by atoms with E-state index in [4.69, 9.17) is 23.7 Å². The molecule has 0 aliphatic heterocycles. The fourth-order valence-corrected chi connectivity index (χ4v) is 7.00. The van der Waals surface area contributed by atoms with Crippen LogP contribution in [0.2, 0.25) is 0 Å². The van der Waals surface area contributed by atoms with Crippen molar-refractivity contribution >= 4 is 0 Å². The molecule has 0 aliphatic carbocycles. The molecule has 6 nitrogen and oxygen atoms in total. The summed E-state index contributed by atoms with van der Waals surface area (Å²) < 4.78 is 144. The zero-order chi connectivity index (χ0) is 46.8. The summed E-state index contributed by atoms with van der Waals surface area (Å²) in [7, 11) is 0. The number of halogens is 7. The predicted octanol–water partition coefficient (Wildman–Crippen LogP) is 14.1. The smallest absolute Gasteiger partial charge is 0.432 e. The van der Waals surface area contributed by atoms with Gasteiger partial charge in [-0.3, -0.25) is 0 Å². The zero-order valence-corrected chi connectivity index (χ0v) is 35.4. The van der Waals surface area contributed by atoms with Gasteiger partial charge < -0.3 is 28.4 Å². The molecule has 0 aromatic heterocycles. The second-order valence-corrected chi connectivity index (χ2v) is 15.0. The van der Waals surface area contributed by atoms with E-state index in [1.807, 2.05) is 103 Å². The van der Waals surface area contributed by atoms with Gasteiger partial charge in [-0.1, -0.05) is 152 Å². The first-order valence-electron chi connectivity index (χ1n) is 20.8. The van der Waals surface area contributed by atoms with Crippen LogP contribution in [0.25, 0.3) is 11.1 Å². The minimum atomic E-state index is -4.88. The van der Waals surface area contributed by atoms with Gasteiger partial charge in [-0.15, -0.1) is 0 Å². The van der Waals surface area contributed by atoms with E-state index >= 15 is 17.6 Å². The highest BCUT2D eigenvalue weighted by Crippen LogP contribution is 2.59. The molecule has 0 atom stereocenters. The molecular weight excluding hydrogens is 878 g/mol. The third-order valence-corrected chi connectivity index (χ3v) is 10.2. The van der Waals surface area contributed by atoms with Gasteiger partial charge in [0.1, 0.15) is 56.0 Å². The van der Waals surface area contributed by atoms with E-state index in [1.54, 1.807) is 48.5 Å². The Kier molecular flexibility index (Phi) is 14.3. The van der Waals surface area contributed by atoms with E-state index < -0.39 is 46.5 Å². The van der Waals surface area contributed by atoms with E-state index in [0.717, 1.165) is 5.56 Å². The van der Waals surface area contributed by atoms with Crippen molar-refractivity contribution in [2.45, 2.75) is 39.1 Å². The standard InChI is InChI=1S/C54H39F7O6/c55-42-26-40(27-43(56)47(42)54(60,61)67-41-28-44(57)48(59)45(58)29-41)46-49(62-30-35-16-6-1-7-17-35)51(64-32-37-20-10-3-11-21-37)53(66-34-39-24-14-5-15-25-39)52(65-33-38-22-12-4-13-23-38)50(46)63-31-36-18-8-2-9-19-36/h1-29H,30-34H2. The molecule has 13 heteroatoms. The second-order valence-electron chi connectivity index (χ2n) is 15.0. The van der Waals surface area contributed by atoms with Crippen molar-refractivity contribution < 1.29 is 59.2 Å². The quantitative estimate of drug-likeness (QED) is 0.0595. The van der Waals surface area contributed by atoms with Gasteiger partial charge in [0.2, 0.25) is 17.2 Å². The van der Waals surface area contributed by atoms with Gasteiger partial charge in [-0.25, -0.2) is 22.0 Å². The topological polar surface area (TPSA) is 55.4 Å². The lowest BCUT2D eigenvalue weighted by Crippen LogP contribution is -2.25. The molecule has 340 valence electrons. The molecule has 0 radical (unpaired) electrons. The SMILES string of the molecule is Fc1cc(OC(F)(F)c2c(F)cc(-c3c(OCc4ccccc4)c(OCc4ccccc4)c(OCc4ccccc4)c(OCc4ccccc4)c3OCc3ccccc3)cc2F)cc(F)c1F. The van der Waals surface area contributed by atoms with Crippen LogP contribution in [0, 0.1) is 29.1 Å². The summed E-state index contributed by atoms with van der Waals surface area (Å²) in [6.07, 6.45) is -4.88. The molecule has 0 saturated heterocycles. The molecule has 67 heavy (non-hydrogen) atoms. The third-order valence-electron chi connectivity index (χ3n) is 10.2. The zero-order valence-electron chi connectivity index (χ0n) is 35.4. The van der Waals surface area contributed by atoms with E-state index in [9.17, 15) is 13.2 Å². The average Bonchev–Trinajstić information content (AvgIpc) is 3.33. The van der Waals surface area contributed by atoms with Crippen molar-refractivity contribution in [1.29, 1.82) is 0 Å². The largest absolute Gasteiger partial charge is 0.484 e. The van der Waals surface area contributed by atoms with E-state index in [0.29, 0.717) is 34.4 Å². The molecule has 0 amide bonds. The molecule has 0 bridgehead atoms. The lowest BCUT2D eigenvalue weighted by atomic mass is 9.98. The van der Waals surface area contributed by atoms with Crippen LogP contribution in [0.3, 0.4) is 0 Å². The van der Waals surface area contributed by atoms with Crippen molar-refractivity contribution in [3.63, 3.8) is 0 Å². The molecule has 0 heterocycles. The molecule has 0 spiro atoms. The lowest BCUT2D eigenvalue weighted by molar-refractivity contribution is -0.189. The van der Waals surface area contributed by atoms with Gasteiger partial charge >= 0.3 is 6.11 Å². The van der Waals surface area contributed by atoms with Crippen LogP contribution in [0.5, 0.6) is 34.5 Å². The molecule has 0 fully saturated rings. The Balaban J connectivity index is 1.38. The van der Waals surface area contributed by atoms with Gasteiger partial charge in [0.05, 0.1) is 5.56 Å². The highest BCUT2D eigenvalue weighted by molar-refractivity contribution is 5.87. The van der Waals surface area contributed by atoms with Crippen LogP contribution >= 0.6 is 0 Å². The minimum Gasteiger partial charge on any atom is -0.484 e. The summed E-state index contributed by atoms with van der Waals surface area (Å²) in [6.45, 7) is -0.482. The summed E-state index contributed by atoms with van der Waals surface area (Å²) in [5.74, 6) is -11.1. The maximum absolute atomic E-state index is 16.5. The summed E-state index contributed by atoms with van der Waals surface area (Å²) in [6, 6.07) is 46.8. The monoisotopic (exact) mass is 916 g/mol. The maximum atomic E-state index is 16.5. The second kappa shape index (κ2) is 20.9. The summed E-state index contributed by atoms with van der Waals surface area (Å²) in [4.78, 5) is 0. The highest BCUT2D eigenvalue weighted by Gasteiger charge is 2.42. The van der Waals surface area contributed by atoms with Crippen LogP contribution in [0.15, 0.2) is 176 Å². The molecule has 0 unspecified atom stereocenters. The molecule has 8 aromatic rings. The van der Waals surface area contributed by atoms with Crippen LogP contribution < -0.4 is 28.4 Å². The van der Waals surface area contributed by atoms with Gasteiger partial charge in [-0.2, -0.15) is 8.78 Å². The average molecular weight is 917 g/mol. The number of hydrogen-bond donors (Lipinski definition) is 0. The van der Waals surface area contributed by atoms with Gasteiger partial charge in [0, 0.05) is 12.1 Å². The third kappa shape index (κ3) is 11.1. The fourth-order valence-electron chi connectivity index (χ4n) is 7.00. The molecule has 8 aromatic carbocycles. The Labute approximate surface area is 381 Å². The van der Waals surface area contributed by atoms with Crippen molar-refractivity contribution in [3.8, 4) is 45.6 Å². The van der Waals surface area contributed by atoms with Gasteiger partial charge in [-0.05, 0) is 45.5 Å². The Morgan fingerprint density at radius 1 is 0.343 bits per heavy atom. The van der Waals surface area contributed by atoms with Crippen molar-refractivity contribution in [1.82, 2.24) is 0 Å². The summed E-state index contributed by atoms with van der Waals surface area (Å²) >= 11 is 0. The fraction of sp³-hybridized carbons (Fsp3) is 0.111.